The number of rotatable bonds is 6. The molecule has 0 aliphatic carbocycles. The van der Waals surface area contributed by atoms with Gasteiger partial charge < -0.3 is 10.1 Å². The number of benzene rings is 1. The second-order valence-electron chi connectivity index (χ2n) is 3.74. The van der Waals surface area contributed by atoms with Gasteiger partial charge in [0.2, 0.25) is 0 Å². The summed E-state index contributed by atoms with van der Waals surface area (Å²) in [6.07, 6.45) is 1.81. The number of nitrogens with zero attached hydrogens (tertiary/aromatic N) is 1. The predicted molar refractivity (Wildman–Crippen MR) is 69.1 cm³/mol. The average molecular weight is 244 g/mol. The van der Waals surface area contributed by atoms with Crippen LogP contribution < -0.4 is 10.1 Å². The zero-order valence-electron chi connectivity index (χ0n) is 10.3. The fourth-order valence-electron chi connectivity index (χ4n) is 1.35. The molecular weight excluding hydrogens is 228 g/mol. The van der Waals surface area contributed by atoms with Crippen molar-refractivity contribution in [1.29, 1.82) is 5.26 Å². The molecule has 0 fully saturated rings. The molecule has 4 heteroatoms. The molecule has 0 bridgehead atoms. The highest BCUT2D eigenvalue weighted by Crippen LogP contribution is 2.17. The third-order valence-corrected chi connectivity index (χ3v) is 2.33. The molecular formula is C14H16N2O2. The van der Waals surface area contributed by atoms with Gasteiger partial charge in [-0.2, -0.15) is 5.26 Å². The highest BCUT2D eigenvalue weighted by molar-refractivity contribution is 5.80. The normalized spacial score (nSPS) is 11.1. The van der Waals surface area contributed by atoms with E-state index in [2.05, 4.69) is 11.9 Å². The first kappa shape index (κ1) is 13.8. The number of nitrogens with one attached hydrogen (secondary N) is 1. The van der Waals surface area contributed by atoms with E-state index in [-0.39, 0.29) is 5.91 Å². The number of hydrogen-bond acceptors (Lipinski definition) is 3. The Labute approximate surface area is 107 Å². The Morgan fingerprint density at radius 1 is 1.61 bits per heavy atom. The van der Waals surface area contributed by atoms with Crippen LogP contribution in [0.4, 0.5) is 0 Å². The zero-order chi connectivity index (χ0) is 13.4. The first-order valence-corrected chi connectivity index (χ1v) is 5.73. The molecule has 18 heavy (non-hydrogen) atoms. The highest BCUT2D eigenvalue weighted by Gasteiger charge is 2.15. The topological polar surface area (TPSA) is 62.1 Å². The van der Waals surface area contributed by atoms with Gasteiger partial charge in [0.1, 0.15) is 11.8 Å². The van der Waals surface area contributed by atoms with E-state index in [1.807, 2.05) is 6.07 Å². The Morgan fingerprint density at radius 2 is 2.33 bits per heavy atom. The van der Waals surface area contributed by atoms with Gasteiger partial charge >= 0.3 is 0 Å². The molecule has 0 heterocycles. The lowest BCUT2D eigenvalue weighted by Crippen LogP contribution is -2.36. The average Bonchev–Trinajstić information content (AvgIpc) is 2.39. The number of carbonyl (C=O) groups excluding carboxylic acids is 1. The molecule has 0 saturated carbocycles. The molecule has 0 saturated heterocycles. The molecule has 0 aliphatic heterocycles. The molecule has 4 nitrogen and oxygen atoms in total. The summed E-state index contributed by atoms with van der Waals surface area (Å²) in [7, 11) is 0. The SMILES string of the molecule is C=CCCNC(=O)C(C)Oc1ccccc1C#N. The molecule has 0 spiro atoms. The van der Waals surface area contributed by atoms with Crippen LogP contribution in [0.3, 0.4) is 0 Å². The smallest absolute Gasteiger partial charge is 0.260 e. The number of para-hydroxylation sites is 1. The van der Waals surface area contributed by atoms with Crippen LogP contribution in [0, 0.1) is 11.3 Å². The number of nitriles is 1. The molecule has 1 unspecified atom stereocenters. The van der Waals surface area contributed by atoms with Crippen molar-refractivity contribution in [2.45, 2.75) is 19.4 Å². The van der Waals surface area contributed by atoms with Crippen LogP contribution in [0.1, 0.15) is 18.9 Å². The van der Waals surface area contributed by atoms with E-state index in [4.69, 9.17) is 10.00 Å². The van der Waals surface area contributed by atoms with Crippen LogP contribution in [0.25, 0.3) is 0 Å². The molecule has 0 aliphatic rings. The van der Waals surface area contributed by atoms with E-state index in [0.717, 1.165) is 0 Å². The molecule has 94 valence electrons. The number of ether oxygens (including phenoxy) is 1. The Bertz CT molecular complexity index is 463. The van der Waals surface area contributed by atoms with Crippen molar-refractivity contribution in [3.8, 4) is 11.8 Å². The second kappa shape index (κ2) is 7.13. The van der Waals surface area contributed by atoms with E-state index in [9.17, 15) is 4.79 Å². The lowest BCUT2D eigenvalue weighted by Gasteiger charge is -2.15. The quantitative estimate of drug-likeness (QED) is 0.615. The Hall–Kier alpha value is -2.28. The fourth-order valence-corrected chi connectivity index (χ4v) is 1.35. The molecule has 1 aromatic carbocycles. The number of carbonyl (C=O) groups is 1. The first-order valence-electron chi connectivity index (χ1n) is 5.73. The summed E-state index contributed by atoms with van der Waals surface area (Å²) in [4.78, 5) is 11.7. The minimum Gasteiger partial charge on any atom is -0.480 e. The van der Waals surface area contributed by atoms with Crippen molar-refractivity contribution in [2.75, 3.05) is 6.54 Å². The third kappa shape index (κ3) is 3.95. The van der Waals surface area contributed by atoms with Gasteiger partial charge in [0, 0.05) is 6.54 Å². The second-order valence-corrected chi connectivity index (χ2v) is 3.74. The highest BCUT2D eigenvalue weighted by atomic mass is 16.5. The van der Waals surface area contributed by atoms with E-state index in [1.165, 1.54) is 0 Å². The van der Waals surface area contributed by atoms with Crippen LogP contribution in [-0.4, -0.2) is 18.6 Å². The van der Waals surface area contributed by atoms with Gasteiger partial charge in [-0.15, -0.1) is 6.58 Å². The number of hydrogen-bond donors (Lipinski definition) is 1. The minimum atomic E-state index is -0.635. The summed E-state index contributed by atoms with van der Waals surface area (Å²) in [6.45, 7) is 5.76. The Kier molecular flexibility index (Phi) is 5.46. The van der Waals surface area contributed by atoms with E-state index >= 15 is 0 Å². The van der Waals surface area contributed by atoms with Crippen molar-refractivity contribution < 1.29 is 9.53 Å². The van der Waals surface area contributed by atoms with Gasteiger partial charge in [-0.3, -0.25) is 4.79 Å². The summed E-state index contributed by atoms with van der Waals surface area (Å²) < 4.78 is 5.47. The summed E-state index contributed by atoms with van der Waals surface area (Å²) in [5, 5.41) is 11.6. The zero-order valence-corrected chi connectivity index (χ0v) is 10.3. The van der Waals surface area contributed by atoms with E-state index in [1.54, 1.807) is 37.3 Å². The number of amides is 1. The van der Waals surface area contributed by atoms with Gasteiger partial charge in [0.15, 0.2) is 6.10 Å². The minimum absolute atomic E-state index is 0.204. The lowest BCUT2D eigenvalue weighted by molar-refractivity contribution is -0.127. The maximum Gasteiger partial charge on any atom is 0.260 e. The maximum absolute atomic E-state index is 11.7. The Balaban J connectivity index is 2.58. The summed E-state index contributed by atoms with van der Waals surface area (Å²) in [6, 6.07) is 8.86. The largest absolute Gasteiger partial charge is 0.480 e. The Morgan fingerprint density at radius 3 is 3.00 bits per heavy atom. The molecule has 1 aromatic rings. The van der Waals surface area contributed by atoms with Gasteiger partial charge in [-0.1, -0.05) is 18.2 Å². The van der Waals surface area contributed by atoms with Crippen molar-refractivity contribution in [2.24, 2.45) is 0 Å². The molecule has 1 rings (SSSR count). The van der Waals surface area contributed by atoms with Crippen molar-refractivity contribution in [3.63, 3.8) is 0 Å². The van der Waals surface area contributed by atoms with Crippen LogP contribution in [-0.2, 0) is 4.79 Å². The van der Waals surface area contributed by atoms with Crippen LogP contribution in [0.15, 0.2) is 36.9 Å². The summed E-state index contributed by atoms with van der Waals surface area (Å²) >= 11 is 0. The van der Waals surface area contributed by atoms with Gasteiger partial charge in [-0.25, -0.2) is 0 Å². The van der Waals surface area contributed by atoms with Crippen molar-refractivity contribution in [1.82, 2.24) is 5.32 Å². The van der Waals surface area contributed by atoms with Gasteiger partial charge in [0.05, 0.1) is 5.56 Å². The van der Waals surface area contributed by atoms with Crippen molar-refractivity contribution in [3.05, 3.63) is 42.5 Å². The first-order chi connectivity index (χ1) is 8.69. The van der Waals surface area contributed by atoms with E-state index < -0.39 is 6.10 Å². The molecule has 1 amide bonds. The summed E-state index contributed by atoms with van der Waals surface area (Å²) in [5.41, 5.74) is 0.420. The lowest BCUT2D eigenvalue weighted by atomic mass is 10.2. The van der Waals surface area contributed by atoms with Crippen molar-refractivity contribution >= 4 is 5.91 Å². The molecule has 1 atom stereocenters. The standard InChI is InChI=1S/C14H16N2O2/c1-3-4-9-16-14(17)11(2)18-13-8-6-5-7-12(13)10-15/h3,5-8,11H,1,4,9H2,2H3,(H,16,17). The van der Waals surface area contributed by atoms with Crippen LogP contribution in [0.5, 0.6) is 5.75 Å². The van der Waals surface area contributed by atoms with E-state index in [0.29, 0.717) is 24.3 Å². The van der Waals surface area contributed by atoms with Gasteiger partial charge in [-0.05, 0) is 25.5 Å². The molecule has 0 radical (unpaired) electrons. The molecule has 0 aromatic heterocycles. The fraction of sp³-hybridized carbons (Fsp3) is 0.286. The van der Waals surface area contributed by atoms with Crippen LogP contribution >= 0.6 is 0 Å². The molecule has 1 N–H and O–H groups in total. The van der Waals surface area contributed by atoms with Crippen LogP contribution in [0.2, 0.25) is 0 Å². The predicted octanol–water partition coefficient (Wildman–Crippen LogP) is 2.02. The van der Waals surface area contributed by atoms with Gasteiger partial charge in [0.25, 0.3) is 5.91 Å². The summed E-state index contributed by atoms with van der Waals surface area (Å²) in [5.74, 6) is 0.218. The monoisotopic (exact) mass is 244 g/mol. The third-order valence-electron chi connectivity index (χ3n) is 2.33. The maximum atomic E-state index is 11.7.